The number of carbonyl (C=O) groups excluding carboxylic acids is 3. The van der Waals surface area contributed by atoms with Gasteiger partial charge in [-0.3, -0.25) is 13.9 Å². The number of amides is 4. The Morgan fingerprint density at radius 2 is 1.74 bits per heavy atom. The molecule has 0 radical (unpaired) electrons. The van der Waals surface area contributed by atoms with E-state index in [0.717, 1.165) is 19.5 Å². The number of hydrogen-bond donors (Lipinski definition) is 5. The van der Waals surface area contributed by atoms with E-state index in [2.05, 4.69) is 49.5 Å². The van der Waals surface area contributed by atoms with Crippen molar-refractivity contribution in [2.45, 2.75) is 72.5 Å². The van der Waals surface area contributed by atoms with E-state index in [1.165, 1.54) is 4.90 Å². The molecule has 0 saturated carbocycles. The molecule has 0 bridgehead atoms. The van der Waals surface area contributed by atoms with E-state index in [9.17, 15) is 14.4 Å². The lowest BCUT2D eigenvalue weighted by Gasteiger charge is -2.37. The molecule has 1 fully saturated rings. The van der Waals surface area contributed by atoms with Crippen molar-refractivity contribution in [3.63, 3.8) is 0 Å². The van der Waals surface area contributed by atoms with Crippen LogP contribution >= 0.6 is 12.8 Å². The monoisotopic (exact) mass is 458 g/mol. The van der Waals surface area contributed by atoms with E-state index in [4.69, 9.17) is 5.73 Å². The van der Waals surface area contributed by atoms with Crippen molar-refractivity contribution in [1.82, 2.24) is 25.2 Å². The Morgan fingerprint density at radius 3 is 2.23 bits per heavy atom. The number of nitrogens with one attached hydrogen (secondary N) is 3. The van der Waals surface area contributed by atoms with Gasteiger partial charge in [0.25, 0.3) is 0 Å². The maximum Gasteiger partial charge on any atom is 0.315 e. The Balaban J connectivity index is 2.85. The highest BCUT2D eigenvalue weighted by Crippen LogP contribution is 2.26. The number of rotatable bonds is 9. The fraction of sp³-hybridized carbons (Fsp3) is 0.857. The molecule has 0 spiro atoms. The van der Waals surface area contributed by atoms with E-state index < -0.39 is 29.4 Å². The third-order valence-corrected chi connectivity index (χ3v) is 5.76. The number of likely N-dealkylation sites (tertiary alicyclic amines) is 1. The Kier molecular flexibility index (Phi) is 10.1. The van der Waals surface area contributed by atoms with Crippen LogP contribution < -0.4 is 21.7 Å². The van der Waals surface area contributed by atoms with Gasteiger partial charge in [-0.15, -0.1) is 0 Å². The van der Waals surface area contributed by atoms with Crippen LogP contribution in [0.1, 0.15) is 54.4 Å². The number of nitrogens with zero attached hydrogens (tertiary/aromatic N) is 2. The molecule has 0 aromatic rings. The van der Waals surface area contributed by atoms with Crippen LogP contribution in [-0.2, 0) is 9.59 Å². The molecule has 3 atom stereocenters. The second kappa shape index (κ2) is 11.4. The molecule has 0 aliphatic carbocycles. The van der Waals surface area contributed by atoms with Crippen LogP contribution in [-0.4, -0.2) is 78.4 Å². The molecule has 0 aromatic heterocycles. The average Bonchev–Trinajstić information content (AvgIpc) is 3.09. The van der Waals surface area contributed by atoms with Gasteiger partial charge in [0.05, 0.1) is 0 Å². The summed E-state index contributed by atoms with van der Waals surface area (Å²) in [5, 5.41) is 9.22. The van der Waals surface area contributed by atoms with Gasteiger partial charge in [0, 0.05) is 32.2 Å². The number of hydrogen-bond acceptors (Lipinski definition) is 6. The number of primary amides is 1. The first kappa shape index (κ1) is 27.5. The van der Waals surface area contributed by atoms with Gasteiger partial charge in [-0.05, 0) is 30.7 Å². The SMILES string of the molecule is CN(S)CCNCC(NC(=O)NC(C(=O)N1CCCC1C(N)=O)C(C)(C)C)C(C)(C)C. The Hall–Kier alpha value is -1.52. The average molecular weight is 459 g/mol. The standard InChI is InChI=1S/C21H42N6O3S/c1-20(2,3)15(13-23-10-12-26(7)31)24-19(30)25-16(21(4,5)6)18(29)27-11-8-9-14(27)17(22)28/h14-16,23,31H,8-13H2,1-7H3,(H2,22,28)(H2,24,25,30). The first-order chi connectivity index (χ1) is 14.1. The summed E-state index contributed by atoms with van der Waals surface area (Å²) >= 11 is 4.22. The molecule has 1 rings (SSSR count). The molecule has 0 aromatic carbocycles. The zero-order chi connectivity index (χ0) is 24.0. The minimum Gasteiger partial charge on any atom is -0.368 e. The Morgan fingerprint density at radius 1 is 1.13 bits per heavy atom. The van der Waals surface area contributed by atoms with E-state index in [1.54, 1.807) is 4.31 Å². The molecule has 1 heterocycles. The first-order valence-electron chi connectivity index (χ1n) is 10.9. The molecule has 1 aliphatic rings. The van der Waals surface area contributed by atoms with Crippen LogP contribution in [0.3, 0.4) is 0 Å². The van der Waals surface area contributed by atoms with Gasteiger partial charge in [-0.1, -0.05) is 54.4 Å². The fourth-order valence-electron chi connectivity index (χ4n) is 3.53. The number of nitrogens with two attached hydrogens (primary N) is 1. The van der Waals surface area contributed by atoms with E-state index >= 15 is 0 Å². The van der Waals surface area contributed by atoms with Gasteiger partial charge in [-0.25, -0.2) is 4.79 Å². The second-order valence-electron chi connectivity index (χ2n) is 10.5. The molecule has 9 nitrogen and oxygen atoms in total. The third kappa shape index (κ3) is 8.86. The number of carbonyl (C=O) groups is 3. The minimum absolute atomic E-state index is 0.154. The normalized spacial score (nSPS) is 19.3. The van der Waals surface area contributed by atoms with E-state index in [1.807, 2.05) is 27.8 Å². The van der Waals surface area contributed by atoms with Gasteiger partial charge in [-0.2, -0.15) is 0 Å². The van der Waals surface area contributed by atoms with Crippen LogP contribution in [0.5, 0.6) is 0 Å². The fourth-order valence-corrected chi connectivity index (χ4v) is 3.63. The summed E-state index contributed by atoms with van der Waals surface area (Å²) in [5.74, 6) is -0.778. The van der Waals surface area contributed by atoms with Crippen molar-refractivity contribution in [1.29, 1.82) is 0 Å². The van der Waals surface area contributed by atoms with Gasteiger partial charge in [0.2, 0.25) is 11.8 Å². The lowest BCUT2D eigenvalue weighted by molar-refractivity contribution is -0.140. The molecule has 10 heteroatoms. The smallest absolute Gasteiger partial charge is 0.315 e. The zero-order valence-electron chi connectivity index (χ0n) is 20.1. The second-order valence-corrected chi connectivity index (χ2v) is 11.2. The summed E-state index contributed by atoms with van der Waals surface area (Å²) in [6.45, 7) is 14.4. The highest BCUT2D eigenvalue weighted by molar-refractivity contribution is 7.77. The van der Waals surface area contributed by atoms with E-state index in [-0.39, 0.29) is 17.4 Å². The molecule has 1 aliphatic heterocycles. The van der Waals surface area contributed by atoms with Gasteiger partial charge < -0.3 is 26.6 Å². The quantitative estimate of drug-likeness (QED) is 0.260. The summed E-state index contributed by atoms with van der Waals surface area (Å²) in [7, 11) is 1.88. The molecule has 3 unspecified atom stereocenters. The van der Waals surface area contributed by atoms with Crippen molar-refractivity contribution in [3.8, 4) is 0 Å². The van der Waals surface area contributed by atoms with Crippen LogP contribution in [0.4, 0.5) is 4.79 Å². The number of thiol groups is 1. The zero-order valence-corrected chi connectivity index (χ0v) is 21.0. The van der Waals surface area contributed by atoms with Crippen LogP contribution in [0.15, 0.2) is 0 Å². The Bertz CT molecular complexity index is 630. The van der Waals surface area contributed by atoms with Crippen LogP contribution in [0.2, 0.25) is 0 Å². The molecule has 5 N–H and O–H groups in total. The van der Waals surface area contributed by atoms with Crippen molar-refractivity contribution < 1.29 is 14.4 Å². The van der Waals surface area contributed by atoms with Gasteiger partial charge in [0.15, 0.2) is 0 Å². The van der Waals surface area contributed by atoms with E-state index in [0.29, 0.717) is 19.5 Å². The maximum absolute atomic E-state index is 13.3. The molecular formula is C21H42N6O3S. The van der Waals surface area contributed by atoms with Gasteiger partial charge in [0.1, 0.15) is 12.1 Å². The van der Waals surface area contributed by atoms with Crippen molar-refractivity contribution in [2.24, 2.45) is 16.6 Å². The predicted molar refractivity (Wildman–Crippen MR) is 127 cm³/mol. The van der Waals surface area contributed by atoms with Crippen LogP contribution in [0.25, 0.3) is 0 Å². The van der Waals surface area contributed by atoms with Crippen molar-refractivity contribution in [3.05, 3.63) is 0 Å². The summed E-state index contributed by atoms with van der Waals surface area (Å²) in [6.07, 6.45) is 1.28. The summed E-state index contributed by atoms with van der Waals surface area (Å²) in [4.78, 5) is 39.4. The first-order valence-corrected chi connectivity index (χ1v) is 11.3. The van der Waals surface area contributed by atoms with Crippen molar-refractivity contribution >= 4 is 30.7 Å². The minimum atomic E-state index is -0.779. The number of likely N-dealkylation sites (N-methyl/N-ethyl adjacent to an activating group) is 1. The Labute approximate surface area is 192 Å². The topological polar surface area (TPSA) is 120 Å². The molecular weight excluding hydrogens is 416 g/mol. The lowest BCUT2D eigenvalue weighted by Crippen LogP contribution is -2.61. The highest BCUT2D eigenvalue weighted by Gasteiger charge is 2.41. The molecule has 180 valence electrons. The summed E-state index contributed by atoms with van der Waals surface area (Å²) < 4.78 is 1.79. The van der Waals surface area contributed by atoms with Crippen molar-refractivity contribution in [2.75, 3.05) is 33.2 Å². The predicted octanol–water partition coefficient (Wildman–Crippen LogP) is 0.958. The summed E-state index contributed by atoms with van der Waals surface area (Å²) in [6, 6.07) is -1.95. The molecule has 31 heavy (non-hydrogen) atoms. The lowest BCUT2D eigenvalue weighted by atomic mass is 9.85. The largest absolute Gasteiger partial charge is 0.368 e. The van der Waals surface area contributed by atoms with Gasteiger partial charge >= 0.3 is 6.03 Å². The number of urea groups is 1. The maximum atomic E-state index is 13.3. The third-order valence-electron chi connectivity index (χ3n) is 5.56. The molecule has 4 amide bonds. The van der Waals surface area contributed by atoms with Crippen LogP contribution in [0, 0.1) is 10.8 Å². The molecule has 1 saturated heterocycles. The highest BCUT2D eigenvalue weighted by atomic mass is 32.1. The summed E-state index contributed by atoms with van der Waals surface area (Å²) in [5.41, 5.74) is 4.75.